The highest BCUT2D eigenvalue weighted by molar-refractivity contribution is 5.70. The van der Waals surface area contributed by atoms with Gasteiger partial charge in [0.1, 0.15) is 0 Å². The lowest BCUT2D eigenvalue weighted by Gasteiger charge is -2.12. The molecular formula is C20H24O2. The van der Waals surface area contributed by atoms with Gasteiger partial charge in [-0.2, -0.15) is 0 Å². The molecule has 2 nitrogen and oxygen atoms in total. The summed E-state index contributed by atoms with van der Waals surface area (Å²) in [4.78, 5) is 11.4. The zero-order valence-corrected chi connectivity index (χ0v) is 12.9. The Morgan fingerprint density at radius 3 is 2.00 bits per heavy atom. The highest BCUT2D eigenvalue weighted by atomic mass is 16.4. The van der Waals surface area contributed by atoms with Crippen molar-refractivity contribution < 1.29 is 9.90 Å². The molecule has 0 saturated heterocycles. The molecule has 0 bridgehead atoms. The van der Waals surface area contributed by atoms with Crippen LogP contribution in [-0.4, -0.2) is 11.1 Å². The van der Waals surface area contributed by atoms with Crippen LogP contribution < -0.4 is 0 Å². The van der Waals surface area contributed by atoms with Crippen LogP contribution in [-0.2, 0) is 17.6 Å². The van der Waals surface area contributed by atoms with Gasteiger partial charge in [0.05, 0.1) is 5.92 Å². The summed E-state index contributed by atoms with van der Waals surface area (Å²) in [5.74, 6) is -0.939. The SMILES string of the molecule is O=C(O)C(CCCCCc1ccccc1)Cc1ccccc1. The Hall–Kier alpha value is -2.09. The highest BCUT2D eigenvalue weighted by Gasteiger charge is 2.17. The standard InChI is InChI=1S/C20H24O2/c21-20(22)19(16-18-13-7-2-8-14-18)15-9-3-6-12-17-10-4-1-5-11-17/h1-2,4-5,7-8,10-11,13-14,19H,3,6,9,12,15-16H2,(H,21,22). The fourth-order valence-electron chi connectivity index (χ4n) is 2.75. The Balaban J connectivity index is 1.70. The maximum Gasteiger partial charge on any atom is 0.306 e. The Morgan fingerprint density at radius 2 is 1.41 bits per heavy atom. The minimum atomic E-state index is -0.674. The molecule has 1 atom stereocenters. The molecule has 0 amide bonds. The van der Waals surface area contributed by atoms with Crippen molar-refractivity contribution in [2.24, 2.45) is 5.92 Å². The van der Waals surface area contributed by atoms with Crippen molar-refractivity contribution in [3.8, 4) is 0 Å². The summed E-state index contributed by atoms with van der Waals surface area (Å²) >= 11 is 0. The zero-order valence-electron chi connectivity index (χ0n) is 12.9. The highest BCUT2D eigenvalue weighted by Crippen LogP contribution is 2.17. The molecule has 0 saturated carbocycles. The number of carboxylic acids is 1. The third-order valence-electron chi connectivity index (χ3n) is 4.04. The molecule has 1 unspecified atom stereocenters. The lowest BCUT2D eigenvalue weighted by atomic mass is 9.93. The van der Waals surface area contributed by atoms with Gasteiger partial charge < -0.3 is 5.11 Å². The molecule has 0 aliphatic heterocycles. The minimum absolute atomic E-state index is 0.265. The Labute approximate surface area is 132 Å². The van der Waals surface area contributed by atoms with E-state index in [1.54, 1.807) is 0 Å². The maximum absolute atomic E-state index is 11.4. The first-order valence-electron chi connectivity index (χ1n) is 8.06. The van der Waals surface area contributed by atoms with Crippen LogP contribution in [0.4, 0.5) is 0 Å². The van der Waals surface area contributed by atoms with E-state index in [4.69, 9.17) is 0 Å². The van der Waals surface area contributed by atoms with Gasteiger partial charge in [0.25, 0.3) is 0 Å². The number of hydrogen-bond donors (Lipinski definition) is 1. The second-order valence-corrected chi connectivity index (χ2v) is 5.81. The lowest BCUT2D eigenvalue weighted by molar-refractivity contribution is -0.142. The molecule has 0 radical (unpaired) electrons. The molecule has 0 aliphatic rings. The molecule has 116 valence electrons. The fourth-order valence-corrected chi connectivity index (χ4v) is 2.75. The second-order valence-electron chi connectivity index (χ2n) is 5.81. The third-order valence-corrected chi connectivity index (χ3v) is 4.04. The number of benzene rings is 2. The van der Waals surface area contributed by atoms with Crippen molar-refractivity contribution in [1.82, 2.24) is 0 Å². The molecule has 2 aromatic carbocycles. The molecule has 0 heterocycles. The summed E-state index contributed by atoms with van der Waals surface area (Å²) in [5, 5.41) is 9.37. The predicted molar refractivity (Wildman–Crippen MR) is 89.9 cm³/mol. The van der Waals surface area contributed by atoms with Crippen molar-refractivity contribution in [3.05, 3.63) is 71.8 Å². The van der Waals surface area contributed by atoms with Crippen molar-refractivity contribution in [3.63, 3.8) is 0 Å². The smallest absolute Gasteiger partial charge is 0.306 e. The number of unbranched alkanes of at least 4 members (excludes halogenated alkanes) is 2. The first kappa shape index (κ1) is 16.3. The molecule has 0 spiro atoms. The van der Waals surface area contributed by atoms with Crippen molar-refractivity contribution in [2.75, 3.05) is 0 Å². The second kappa shape index (κ2) is 9.04. The molecule has 0 aliphatic carbocycles. The van der Waals surface area contributed by atoms with E-state index in [0.29, 0.717) is 6.42 Å². The summed E-state index contributed by atoms with van der Waals surface area (Å²) in [7, 11) is 0. The molecule has 1 N–H and O–H groups in total. The van der Waals surface area contributed by atoms with Gasteiger partial charge in [-0.25, -0.2) is 0 Å². The zero-order chi connectivity index (χ0) is 15.6. The van der Waals surface area contributed by atoms with E-state index >= 15 is 0 Å². The number of aryl methyl sites for hydroxylation is 1. The van der Waals surface area contributed by atoms with Gasteiger partial charge >= 0.3 is 5.97 Å². The third kappa shape index (κ3) is 5.72. The van der Waals surface area contributed by atoms with Gasteiger partial charge in [-0.1, -0.05) is 73.5 Å². The van der Waals surface area contributed by atoms with E-state index in [-0.39, 0.29) is 5.92 Å². The Bertz CT molecular complexity index is 548. The molecule has 2 rings (SSSR count). The van der Waals surface area contributed by atoms with E-state index in [1.165, 1.54) is 5.56 Å². The molecular weight excluding hydrogens is 272 g/mol. The number of rotatable bonds is 9. The average Bonchev–Trinajstić information content (AvgIpc) is 2.55. The van der Waals surface area contributed by atoms with E-state index in [2.05, 4.69) is 24.3 Å². The number of aliphatic carboxylic acids is 1. The Kier molecular flexibility index (Phi) is 6.69. The summed E-state index contributed by atoms with van der Waals surface area (Å²) in [6.07, 6.45) is 5.68. The van der Waals surface area contributed by atoms with Crippen LogP contribution in [0.15, 0.2) is 60.7 Å². The van der Waals surface area contributed by atoms with Crippen molar-refractivity contribution in [1.29, 1.82) is 0 Å². The van der Waals surface area contributed by atoms with Gasteiger partial charge in [0, 0.05) is 0 Å². The van der Waals surface area contributed by atoms with Gasteiger partial charge in [-0.05, 0) is 36.8 Å². The number of carboxylic acid groups (broad SMARTS) is 1. The quantitative estimate of drug-likeness (QED) is 0.679. The van der Waals surface area contributed by atoms with E-state index in [9.17, 15) is 9.90 Å². The van der Waals surface area contributed by atoms with Crippen LogP contribution in [0.2, 0.25) is 0 Å². The first-order valence-corrected chi connectivity index (χ1v) is 8.06. The summed E-state index contributed by atoms with van der Waals surface area (Å²) in [6, 6.07) is 20.4. The van der Waals surface area contributed by atoms with Crippen molar-refractivity contribution in [2.45, 2.75) is 38.5 Å². The molecule has 22 heavy (non-hydrogen) atoms. The summed E-state index contributed by atoms with van der Waals surface area (Å²) in [5.41, 5.74) is 2.47. The van der Waals surface area contributed by atoms with Crippen LogP contribution in [0, 0.1) is 5.92 Å². The molecule has 2 heteroatoms. The van der Waals surface area contributed by atoms with Crippen molar-refractivity contribution >= 4 is 5.97 Å². The number of hydrogen-bond acceptors (Lipinski definition) is 1. The van der Waals surface area contributed by atoms with Gasteiger partial charge in [-0.15, -0.1) is 0 Å². The largest absolute Gasteiger partial charge is 0.481 e. The molecule has 0 fully saturated rings. The molecule has 2 aromatic rings. The van der Waals surface area contributed by atoms with Crippen LogP contribution in [0.1, 0.15) is 36.8 Å². The monoisotopic (exact) mass is 296 g/mol. The molecule has 0 aromatic heterocycles. The first-order chi connectivity index (χ1) is 10.8. The van der Waals surface area contributed by atoms with Crippen LogP contribution in [0.25, 0.3) is 0 Å². The summed E-state index contributed by atoms with van der Waals surface area (Å²) < 4.78 is 0. The normalized spacial score (nSPS) is 12.0. The van der Waals surface area contributed by atoms with Crippen LogP contribution in [0.3, 0.4) is 0 Å². The van der Waals surface area contributed by atoms with E-state index < -0.39 is 5.97 Å². The maximum atomic E-state index is 11.4. The predicted octanol–water partition coefficient (Wildman–Crippen LogP) is 4.73. The van der Waals surface area contributed by atoms with Crippen LogP contribution in [0.5, 0.6) is 0 Å². The minimum Gasteiger partial charge on any atom is -0.481 e. The van der Waals surface area contributed by atoms with Gasteiger partial charge in [0.15, 0.2) is 0 Å². The topological polar surface area (TPSA) is 37.3 Å². The number of carbonyl (C=O) groups is 1. The van der Waals surface area contributed by atoms with Gasteiger partial charge in [0.2, 0.25) is 0 Å². The lowest BCUT2D eigenvalue weighted by Crippen LogP contribution is -2.16. The van der Waals surface area contributed by atoms with E-state index in [0.717, 1.165) is 37.7 Å². The van der Waals surface area contributed by atoms with Gasteiger partial charge in [-0.3, -0.25) is 4.79 Å². The average molecular weight is 296 g/mol. The van der Waals surface area contributed by atoms with E-state index in [1.807, 2.05) is 36.4 Å². The Morgan fingerprint density at radius 1 is 0.818 bits per heavy atom. The summed E-state index contributed by atoms with van der Waals surface area (Å²) in [6.45, 7) is 0. The van der Waals surface area contributed by atoms with Crippen LogP contribution >= 0.6 is 0 Å². The fraction of sp³-hybridized carbons (Fsp3) is 0.350.